The van der Waals surface area contributed by atoms with Crippen LogP contribution in [0.5, 0.6) is 0 Å². The summed E-state index contributed by atoms with van der Waals surface area (Å²) in [5.41, 5.74) is 2.06. The van der Waals surface area contributed by atoms with Crippen LogP contribution >= 0.6 is 0 Å². The predicted molar refractivity (Wildman–Crippen MR) is 110 cm³/mol. The zero-order valence-electron chi connectivity index (χ0n) is 16.3. The molecule has 0 amide bonds. The van der Waals surface area contributed by atoms with E-state index in [0.29, 0.717) is 0 Å². The second-order valence-corrected chi connectivity index (χ2v) is 6.82. The van der Waals surface area contributed by atoms with Crippen LogP contribution in [-0.2, 0) is 19.1 Å². The van der Waals surface area contributed by atoms with Gasteiger partial charge in [-0.15, -0.1) is 12.3 Å². The molecule has 1 heterocycles. The summed E-state index contributed by atoms with van der Waals surface area (Å²) in [5, 5.41) is 0. The zero-order chi connectivity index (χ0) is 20.8. The van der Waals surface area contributed by atoms with Gasteiger partial charge in [0.25, 0.3) is 0 Å². The number of terminal acetylenes is 1. The maximum absolute atomic E-state index is 12.9. The van der Waals surface area contributed by atoms with Crippen molar-refractivity contribution in [3.8, 4) is 12.3 Å². The van der Waals surface area contributed by atoms with E-state index in [1.807, 2.05) is 65.6 Å². The van der Waals surface area contributed by atoms with Gasteiger partial charge in [-0.3, -0.25) is 9.69 Å². The second-order valence-electron chi connectivity index (χ2n) is 6.82. The van der Waals surface area contributed by atoms with Crippen LogP contribution in [0.3, 0.4) is 0 Å². The number of hydrogen-bond acceptors (Lipinski definition) is 5. The van der Waals surface area contributed by atoms with Gasteiger partial charge < -0.3 is 9.47 Å². The summed E-state index contributed by atoms with van der Waals surface area (Å²) >= 11 is 0. The van der Waals surface area contributed by atoms with Gasteiger partial charge in [-0.25, -0.2) is 4.79 Å². The third-order valence-electron chi connectivity index (χ3n) is 4.99. The smallest absolute Gasteiger partial charge is 0.334 e. The van der Waals surface area contributed by atoms with Crippen LogP contribution in [0.4, 0.5) is 0 Å². The number of rotatable bonds is 6. The van der Waals surface area contributed by atoms with Crippen LogP contribution in [0.1, 0.15) is 29.7 Å². The van der Waals surface area contributed by atoms with Crippen molar-refractivity contribution in [2.45, 2.75) is 24.6 Å². The zero-order valence-corrected chi connectivity index (χ0v) is 16.3. The highest BCUT2D eigenvalue weighted by Crippen LogP contribution is 2.42. The lowest BCUT2D eigenvalue weighted by atomic mass is 9.90. The van der Waals surface area contributed by atoms with Gasteiger partial charge in [0.05, 0.1) is 13.2 Å². The molecule has 0 bridgehead atoms. The van der Waals surface area contributed by atoms with E-state index in [9.17, 15) is 9.59 Å². The van der Waals surface area contributed by atoms with E-state index in [4.69, 9.17) is 15.9 Å². The molecular formula is C24H23NO4. The Hall–Kier alpha value is -3.36. The lowest BCUT2D eigenvalue weighted by Crippen LogP contribution is -2.52. The van der Waals surface area contributed by atoms with E-state index in [1.54, 1.807) is 0 Å². The van der Waals surface area contributed by atoms with Crippen molar-refractivity contribution in [1.82, 2.24) is 4.90 Å². The number of carbonyl (C=O) groups excluding carboxylic acids is 2. The van der Waals surface area contributed by atoms with E-state index >= 15 is 0 Å². The molecule has 3 atom stereocenters. The largest absolute Gasteiger partial charge is 0.466 e. The third kappa shape index (κ3) is 4.39. The molecule has 5 heteroatoms. The maximum atomic E-state index is 12.9. The molecule has 1 saturated heterocycles. The van der Waals surface area contributed by atoms with Crippen LogP contribution in [0.2, 0.25) is 0 Å². The molecule has 0 unspecified atom stereocenters. The number of benzene rings is 2. The Labute approximate surface area is 170 Å². The molecule has 0 aliphatic carbocycles. The molecule has 0 N–H and O–H groups in total. The van der Waals surface area contributed by atoms with Gasteiger partial charge in [-0.05, 0) is 11.1 Å². The normalized spacial score (nSPS) is 21.7. The SMILES string of the molecule is C#CC[C@H]1C(=O)O[C@H](c2ccccc2)[C@H](c2ccccc2)N1CC(=C)C(=O)OC. The summed E-state index contributed by atoms with van der Waals surface area (Å²) in [6.45, 7) is 3.98. The standard InChI is InChI=1S/C24H23NO4/c1-4-11-20-24(27)29-22(19-14-9-6-10-15-19)21(18-12-7-5-8-13-18)25(20)16-17(2)23(26)28-3/h1,5-10,12-15,20-22H,2,11,16H2,3H3/t20-,21-,22+/m0/s1. The molecule has 5 nitrogen and oxygen atoms in total. The van der Waals surface area contributed by atoms with Crippen LogP contribution in [0.15, 0.2) is 72.8 Å². The number of methoxy groups -OCH3 is 1. The first-order valence-corrected chi connectivity index (χ1v) is 9.32. The number of hydrogen-bond donors (Lipinski definition) is 0. The van der Waals surface area contributed by atoms with Crippen LogP contribution in [-0.4, -0.2) is 36.5 Å². The van der Waals surface area contributed by atoms with E-state index in [1.165, 1.54) is 7.11 Å². The Bertz CT molecular complexity index is 917. The van der Waals surface area contributed by atoms with Gasteiger partial charge >= 0.3 is 11.9 Å². The average molecular weight is 389 g/mol. The Morgan fingerprint density at radius 1 is 1.14 bits per heavy atom. The first kappa shape index (κ1) is 20.4. The highest BCUT2D eigenvalue weighted by atomic mass is 16.6. The number of carbonyl (C=O) groups is 2. The minimum Gasteiger partial charge on any atom is -0.466 e. The van der Waals surface area contributed by atoms with Crippen LogP contribution in [0.25, 0.3) is 0 Å². The molecule has 2 aromatic carbocycles. The fourth-order valence-electron chi connectivity index (χ4n) is 3.63. The van der Waals surface area contributed by atoms with Crippen LogP contribution < -0.4 is 0 Å². The van der Waals surface area contributed by atoms with E-state index < -0.39 is 24.1 Å². The summed E-state index contributed by atoms with van der Waals surface area (Å²) in [5.74, 6) is 1.62. The predicted octanol–water partition coefficient (Wildman–Crippen LogP) is 3.45. The lowest BCUT2D eigenvalue weighted by Gasteiger charge is -2.45. The molecule has 1 aliphatic heterocycles. The quantitative estimate of drug-likeness (QED) is 0.430. The Morgan fingerprint density at radius 3 is 2.28 bits per heavy atom. The van der Waals surface area contributed by atoms with Gasteiger partial charge in [0.1, 0.15) is 12.1 Å². The minimum atomic E-state index is -0.688. The maximum Gasteiger partial charge on any atom is 0.334 e. The first-order chi connectivity index (χ1) is 14.1. The number of cyclic esters (lactones) is 1. The summed E-state index contributed by atoms with van der Waals surface area (Å²) in [7, 11) is 1.30. The Kier molecular flexibility index (Phi) is 6.48. The molecule has 0 radical (unpaired) electrons. The summed E-state index contributed by atoms with van der Waals surface area (Å²) in [4.78, 5) is 26.8. The number of nitrogens with zero attached hydrogens (tertiary/aromatic N) is 1. The number of esters is 2. The molecule has 1 aliphatic rings. The average Bonchev–Trinajstić information content (AvgIpc) is 2.76. The van der Waals surface area contributed by atoms with E-state index in [0.717, 1.165) is 11.1 Å². The van der Waals surface area contributed by atoms with Gasteiger partial charge in [0, 0.05) is 18.5 Å². The Morgan fingerprint density at radius 2 is 1.72 bits per heavy atom. The van der Waals surface area contributed by atoms with Gasteiger partial charge in [-0.1, -0.05) is 67.2 Å². The highest BCUT2D eigenvalue weighted by molar-refractivity contribution is 5.88. The molecule has 2 aromatic rings. The fourth-order valence-corrected chi connectivity index (χ4v) is 3.63. The molecule has 0 aromatic heterocycles. The highest BCUT2D eigenvalue weighted by Gasteiger charge is 2.45. The molecule has 148 valence electrons. The molecule has 29 heavy (non-hydrogen) atoms. The van der Waals surface area contributed by atoms with Crippen molar-refractivity contribution < 1.29 is 19.1 Å². The van der Waals surface area contributed by atoms with E-state index in [2.05, 4.69) is 12.5 Å². The van der Waals surface area contributed by atoms with Crippen molar-refractivity contribution >= 4 is 11.9 Å². The van der Waals surface area contributed by atoms with Gasteiger partial charge in [0.2, 0.25) is 0 Å². The minimum absolute atomic E-state index is 0.136. The first-order valence-electron chi connectivity index (χ1n) is 9.32. The second kappa shape index (κ2) is 9.22. The van der Waals surface area contributed by atoms with Crippen molar-refractivity contribution in [3.63, 3.8) is 0 Å². The summed E-state index contributed by atoms with van der Waals surface area (Å²) < 4.78 is 10.7. The van der Waals surface area contributed by atoms with Crippen molar-refractivity contribution in [2.75, 3.05) is 13.7 Å². The molecular weight excluding hydrogens is 366 g/mol. The fraction of sp³-hybridized carbons (Fsp3) is 0.250. The Balaban J connectivity index is 2.09. The number of ether oxygens (including phenoxy) is 2. The summed E-state index contributed by atoms with van der Waals surface area (Å²) in [6.07, 6.45) is 5.15. The van der Waals surface area contributed by atoms with Gasteiger partial charge in [0.15, 0.2) is 0 Å². The van der Waals surface area contributed by atoms with Crippen molar-refractivity contribution in [2.24, 2.45) is 0 Å². The van der Waals surface area contributed by atoms with Crippen molar-refractivity contribution in [1.29, 1.82) is 0 Å². The van der Waals surface area contributed by atoms with Gasteiger partial charge in [-0.2, -0.15) is 0 Å². The topological polar surface area (TPSA) is 55.8 Å². The monoisotopic (exact) mass is 389 g/mol. The molecule has 0 saturated carbocycles. The molecule has 3 rings (SSSR count). The molecule has 1 fully saturated rings. The number of morpholine rings is 1. The van der Waals surface area contributed by atoms with E-state index in [-0.39, 0.29) is 24.6 Å². The van der Waals surface area contributed by atoms with Crippen molar-refractivity contribution in [3.05, 3.63) is 83.9 Å². The lowest BCUT2D eigenvalue weighted by molar-refractivity contribution is -0.175. The third-order valence-corrected chi connectivity index (χ3v) is 4.99. The summed E-state index contributed by atoms with van der Waals surface area (Å²) in [6, 6.07) is 18.2. The molecule has 0 spiro atoms. The van der Waals surface area contributed by atoms with Crippen LogP contribution in [0, 0.1) is 12.3 Å².